The number of aliphatic hydroxyl groups is 1. The molecule has 0 fully saturated rings. The van der Waals surface area contributed by atoms with Crippen LogP contribution in [0.15, 0.2) is 23.5 Å². The zero-order valence-corrected chi connectivity index (χ0v) is 8.16. The summed E-state index contributed by atoms with van der Waals surface area (Å²) in [5.41, 5.74) is 0.0205. The van der Waals surface area contributed by atoms with Gasteiger partial charge in [-0.25, -0.2) is 9.59 Å². The Balaban J connectivity index is 2.33. The van der Waals surface area contributed by atoms with Crippen molar-refractivity contribution in [3.05, 3.63) is 23.5 Å². The Kier molecular flexibility index (Phi) is 2.43. The van der Waals surface area contributed by atoms with Gasteiger partial charge in [0.2, 0.25) is 6.29 Å². The average Bonchev–Trinajstić information content (AvgIpc) is 2.62. The summed E-state index contributed by atoms with van der Waals surface area (Å²) in [6.45, 7) is 0. The van der Waals surface area contributed by atoms with E-state index in [2.05, 4.69) is 0 Å². The van der Waals surface area contributed by atoms with Gasteiger partial charge in [0, 0.05) is 11.5 Å². The Morgan fingerprint density at radius 1 is 1.25 bits per heavy atom. The van der Waals surface area contributed by atoms with E-state index in [0.717, 1.165) is 6.26 Å². The van der Waals surface area contributed by atoms with Crippen molar-refractivity contribution in [1.82, 2.24) is 0 Å². The van der Waals surface area contributed by atoms with Crippen molar-refractivity contribution in [2.45, 2.75) is 12.7 Å². The lowest BCUT2D eigenvalue weighted by Crippen LogP contribution is -2.36. The third kappa shape index (κ3) is 1.47. The van der Waals surface area contributed by atoms with E-state index in [1.54, 1.807) is 0 Å². The van der Waals surface area contributed by atoms with Crippen molar-refractivity contribution in [2.75, 3.05) is 0 Å². The first kappa shape index (κ1) is 10.7. The van der Waals surface area contributed by atoms with Crippen LogP contribution in [-0.2, 0) is 14.3 Å². The lowest BCUT2D eigenvalue weighted by Gasteiger charge is -2.30. The van der Waals surface area contributed by atoms with Crippen LogP contribution in [-0.4, -0.2) is 33.5 Å². The number of carboxylic acid groups (broad SMARTS) is 2. The molecule has 2 rings (SSSR count). The van der Waals surface area contributed by atoms with Crippen molar-refractivity contribution in [2.24, 2.45) is 11.8 Å². The Morgan fingerprint density at radius 3 is 2.44 bits per heavy atom. The van der Waals surface area contributed by atoms with Gasteiger partial charge >= 0.3 is 11.9 Å². The predicted molar refractivity (Wildman–Crippen MR) is 50.1 cm³/mol. The van der Waals surface area contributed by atoms with Crippen molar-refractivity contribution in [1.29, 1.82) is 0 Å². The van der Waals surface area contributed by atoms with Crippen molar-refractivity contribution >= 4 is 11.9 Å². The topological polar surface area (TPSA) is 104 Å². The molecule has 0 saturated carbocycles. The number of carbonyl (C=O) groups is 2. The van der Waals surface area contributed by atoms with E-state index in [-0.39, 0.29) is 11.1 Å². The van der Waals surface area contributed by atoms with E-state index in [1.165, 1.54) is 6.08 Å². The number of allylic oxidation sites excluding steroid dienone is 1. The highest BCUT2D eigenvalue weighted by molar-refractivity contribution is 5.91. The van der Waals surface area contributed by atoms with Gasteiger partial charge in [0.15, 0.2) is 0 Å². The van der Waals surface area contributed by atoms with Crippen LogP contribution >= 0.6 is 0 Å². The van der Waals surface area contributed by atoms with Gasteiger partial charge in [-0.2, -0.15) is 0 Å². The minimum atomic E-state index is -1.29. The van der Waals surface area contributed by atoms with E-state index in [1.807, 2.05) is 0 Å². The maximum absolute atomic E-state index is 10.9. The van der Waals surface area contributed by atoms with Crippen LogP contribution in [0.1, 0.15) is 6.42 Å². The first-order valence-electron chi connectivity index (χ1n) is 4.72. The summed E-state index contributed by atoms with van der Waals surface area (Å²) in [5.74, 6) is -3.62. The molecule has 0 aromatic carbocycles. The summed E-state index contributed by atoms with van der Waals surface area (Å²) in [7, 11) is 0. The van der Waals surface area contributed by atoms with E-state index in [4.69, 9.17) is 14.9 Å². The SMILES string of the molecule is O=C(O)C1=COC(O)[C@@H]2C(C(=O)O)=CCC12. The lowest BCUT2D eigenvalue weighted by atomic mass is 9.83. The van der Waals surface area contributed by atoms with Gasteiger partial charge in [0.05, 0.1) is 17.8 Å². The molecule has 16 heavy (non-hydrogen) atoms. The minimum Gasteiger partial charge on any atom is -0.478 e. The Labute approximate surface area is 90.5 Å². The third-order valence-corrected chi connectivity index (χ3v) is 2.92. The molecule has 86 valence electrons. The fourth-order valence-corrected chi connectivity index (χ4v) is 2.18. The summed E-state index contributed by atoms with van der Waals surface area (Å²) in [6, 6.07) is 0. The molecule has 0 radical (unpaired) electrons. The fraction of sp³-hybridized carbons (Fsp3) is 0.400. The van der Waals surface area contributed by atoms with Gasteiger partial charge in [0.1, 0.15) is 0 Å². The maximum atomic E-state index is 10.9. The molecule has 2 aliphatic rings. The smallest absolute Gasteiger partial charge is 0.335 e. The number of hydrogen-bond donors (Lipinski definition) is 3. The third-order valence-electron chi connectivity index (χ3n) is 2.92. The number of fused-ring (bicyclic) bond motifs is 1. The Hall–Kier alpha value is -1.82. The highest BCUT2D eigenvalue weighted by Crippen LogP contribution is 2.42. The largest absolute Gasteiger partial charge is 0.478 e. The molecule has 1 aliphatic heterocycles. The number of rotatable bonds is 2. The molecule has 6 nitrogen and oxygen atoms in total. The van der Waals surface area contributed by atoms with Crippen molar-refractivity contribution < 1.29 is 29.6 Å². The normalized spacial score (nSPS) is 32.2. The molecular weight excluding hydrogens is 216 g/mol. The molecule has 2 unspecified atom stereocenters. The van der Waals surface area contributed by atoms with Crippen molar-refractivity contribution in [3.63, 3.8) is 0 Å². The second-order valence-electron chi connectivity index (χ2n) is 3.74. The van der Waals surface area contributed by atoms with Gasteiger partial charge in [-0.05, 0) is 6.42 Å². The first-order valence-corrected chi connectivity index (χ1v) is 4.72. The zero-order valence-electron chi connectivity index (χ0n) is 8.16. The highest BCUT2D eigenvalue weighted by Gasteiger charge is 2.45. The van der Waals surface area contributed by atoms with Crippen LogP contribution in [0.5, 0.6) is 0 Å². The Bertz CT molecular complexity index is 408. The van der Waals surface area contributed by atoms with E-state index in [0.29, 0.717) is 6.42 Å². The molecule has 1 aliphatic carbocycles. The second-order valence-corrected chi connectivity index (χ2v) is 3.74. The van der Waals surface area contributed by atoms with Crippen LogP contribution in [0.3, 0.4) is 0 Å². The fourth-order valence-electron chi connectivity index (χ4n) is 2.18. The summed E-state index contributed by atoms with van der Waals surface area (Å²) in [6.07, 6.45) is 1.43. The quantitative estimate of drug-likeness (QED) is 0.609. The summed E-state index contributed by atoms with van der Waals surface area (Å²) < 4.78 is 4.75. The van der Waals surface area contributed by atoms with E-state index >= 15 is 0 Å². The molecule has 0 saturated heterocycles. The number of carboxylic acids is 2. The van der Waals surface area contributed by atoms with Crippen LogP contribution in [0.25, 0.3) is 0 Å². The molecule has 6 heteroatoms. The van der Waals surface area contributed by atoms with Gasteiger partial charge < -0.3 is 20.1 Å². The van der Waals surface area contributed by atoms with Crippen LogP contribution in [0.4, 0.5) is 0 Å². The van der Waals surface area contributed by atoms with Crippen LogP contribution < -0.4 is 0 Å². The molecule has 0 spiro atoms. The summed E-state index contributed by atoms with van der Waals surface area (Å²) >= 11 is 0. The first-order chi connectivity index (χ1) is 7.52. The second kappa shape index (κ2) is 3.64. The van der Waals surface area contributed by atoms with Crippen LogP contribution in [0, 0.1) is 11.8 Å². The number of aliphatic hydroxyl groups excluding tert-OH is 1. The standard InChI is InChI=1S/C10H10O6/c11-8(12)5-2-1-4-6(9(13)14)3-16-10(15)7(4)5/h2-4,7,10,15H,1H2,(H,11,12)(H,13,14)/t4?,7-,10?/m0/s1. The molecule has 3 atom stereocenters. The average molecular weight is 226 g/mol. The summed E-state index contributed by atoms with van der Waals surface area (Å²) in [4.78, 5) is 21.8. The summed E-state index contributed by atoms with van der Waals surface area (Å²) in [5, 5.41) is 27.3. The van der Waals surface area contributed by atoms with E-state index < -0.39 is 30.1 Å². The Morgan fingerprint density at radius 2 is 1.88 bits per heavy atom. The number of ether oxygens (including phenoxy) is 1. The van der Waals surface area contributed by atoms with E-state index in [9.17, 15) is 14.7 Å². The van der Waals surface area contributed by atoms with Gasteiger partial charge in [-0.3, -0.25) is 0 Å². The van der Waals surface area contributed by atoms with Gasteiger partial charge in [-0.15, -0.1) is 0 Å². The molecule has 0 amide bonds. The molecule has 0 aromatic heterocycles. The molecular formula is C10H10O6. The molecule has 0 aromatic rings. The monoisotopic (exact) mass is 226 g/mol. The number of aliphatic carboxylic acids is 2. The van der Waals surface area contributed by atoms with Gasteiger partial charge in [-0.1, -0.05) is 6.08 Å². The lowest BCUT2D eigenvalue weighted by molar-refractivity contribution is -0.143. The van der Waals surface area contributed by atoms with Crippen LogP contribution in [0.2, 0.25) is 0 Å². The predicted octanol–water partition coefficient (Wildman–Crippen LogP) is -0.0494. The highest BCUT2D eigenvalue weighted by atomic mass is 16.6. The number of hydrogen-bond acceptors (Lipinski definition) is 4. The van der Waals surface area contributed by atoms with Crippen molar-refractivity contribution in [3.8, 4) is 0 Å². The zero-order chi connectivity index (χ0) is 11.9. The maximum Gasteiger partial charge on any atom is 0.335 e. The molecule has 1 heterocycles. The minimum absolute atomic E-state index is 0.00259. The molecule has 3 N–H and O–H groups in total. The van der Waals surface area contributed by atoms with Gasteiger partial charge in [0.25, 0.3) is 0 Å². The molecule has 0 bridgehead atoms.